The van der Waals surface area contributed by atoms with Gasteiger partial charge in [-0.3, -0.25) is 4.99 Å². The maximum atomic E-state index is 5.29. The number of hydrogen-bond acceptors (Lipinski definition) is 4. The molecule has 0 saturated carbocycles. The first-order valence-corrected chi connectivity index (χ1v) is 8.01. The van der Waals surface area contributed by atoms with Crippen LogP contribution in [0.5, 0.6) is 5.75 Å². The molecule has 0 saturated heterocycles. The van der Waals surface area contributed by atoms with E-state index < -0.39 is 0 Å². The van der Waals surface area contributed by atoms with Crippen LogP contribution >= 0.6 is 11.8 Å². The highest BCUT2D eigenvalue weighted by atomic mass is 32.2. The fourth-order valence-corrected chi connectivity index (χ4v) is 3.21. The first-order valence-electron chi connectivity index (χ1n) is 7.02. The smallest absolute Gasteiger partial charge is 0.161 e. The lowest BCUT2D eigenvalue weighted by atomic mass is 9.85. The van der Waals surface area contributed by atoms with Crippen LogP contribution in [0.1, 0.15) is 32.8 Å². The van der Waals surface area contributed by atoms with Gasteiger partial charge in [0, 0.05) is 11.4 Å². The summed E-state index contributed by atoms with van der Waals surface area (Å²) in [5.74, 6) is 2.05. The van der Waals surface area contributed by atoms with E-state index >= 15 is 0 Å². The van der Waals surface area contributed by atoms with Crippen LogP contribution in [0.25, 0.3) is 0 Å². The highest BCUT2D eigenvalue weighted by Crippen LogP contribution is 2.31. The molecule has 1 aromatic carbocycles. The molecule has 1 aromatic rings. The number of ether oxygens (including phenoxy) is 1. The van der Waals surface area contributed by atoms with E-state index in [0.29, 0.717) is 6.04 Å². The van der Waals surface area contributed by atoms with Crippen LogP contribution in [0.4, 0.5) is 5.69 Å². The van der Waals surface area contributed by atoms with Gasteiger partial charge in [-0.25, -0.2) is 0 Å². The van der Waals surface area contributed by atoms with Crippen LogP contribution in [0, 0.1) is 12.3 Å². The molecular formula is C16H24N2OS. The second-order valence-corrected chi connectivity index (χ2v) is 7.35. The number of aliphatic imine (C=N–C) groups is 1. The standard InChI is InChI=1S/C16H24N2OS/c1-11-10-12(6-7-13(11)19-5)17-15-18-14(8-9-20-15)16(2,3)4/h6-7,10,14H,8-9H2,1-5H3,(H,17,18). The summed E-state index contributed by atoms with van der Waals surface area (Å²) in [6.07, 6.45) is 1.15. The topological polar surface area (TPSA) is 33.6 Å². The van der Waals surface area contributed by atoms with Crippen molar-refractivity contribution in [2.75, 3.05) is 18.2 Å². The molecule has 1 unspecified atom stereocenters. The zero-order valence-corrected chi connectivity index (χ0v) is 13.8. The van der Waals surface area contributed by atoms with Crippen molar-refractivity contribution in [3.63, 3.8) is 0 Å². The molecule has 1 N–H and O–H groups in total. The Morgan fingerprint density at radius 2 is 2.10 bits per heavy atom. The summed E-state index contributed by atoms with van der Waals surface area (Å²) in [5, 5.41) is 4.46. The lowest BCUT2D eigenvalue weighted by molar-refractivity contribution is 0.316. The Morgan fingerprint density at radius 3 is 2.70 bits per heavy atom. The third kappa shape index (κ3) is 3.69. The molecule has 3 nitrogen and oxygen atoms in total. The van der Waals surface area contributed by atoms with Gasteiger partial charge in [0.1, 0.15) is 5.75 Å². The molecule has 0 spiro atoms. The molecule has 4 heteroatoms. The number of amidine groups is 1. The second kappa shape index (κ2) is 6.08. The highest BCUT2D eigenvalue weighted by molar-refractivity contribution is 8.14. The van der Waals surface area contributed by atoms with Gasteiger partial charge in [0.15, 0.2) is 5.17 Å². The van der Waals surface area contributed by atoms with Crippen molar-refractivity contribution in [1.82, 2.24) is 0 Å². The number of thioether (sulfide) groups is 1. The fraction of sp³-hybridized carbons (Fsp3) is 0.562. The van der Waals surface area contributed by atoms with E-state index in [1.54, 1.807) is 18.9 Å². The summed E-state index contributed by atoms with van der Waals surface area (Å²) in [7, 11) is 1.70. The monoisotopic (exact) mass is 292 g/mol. The van der Waals surface area contributed by atoms with E-state index in [1.165, 1.54) is 0 Å². The molecule has 0 amide bonds. The van der Waals surface area contributed by atoms with Gasteiger partial charge >= 0.3 is 0 Å². The molecule has 0 radical (unpaired) electrons. The minimum Gasteiger partial charge on any atom is -0.496 e. The van der Waals surface area contributed by atoms with Gasteiger partial charge in [-0.15, -0.1) is 0 Å². The molecule has 2 rings (SSSR count). The number of aryl methyl sites for hydroxylation is 1. The van der Waals surface area contributed by atoms with E-state index in [2.05, 4.69) is 39.1 Å². The molecular weight excluding hydrogens is 268 g/mol. The van der Waals surface area contributed by atoms with E-state index in [-0.39, 0.29) is 5.41 Å². The molecule has 0 fully saturated rings. The summed E-state index contributed by atoms with van der Waals surface area (Å²) >= 11 is 1.80. The van der Waals surface area contributed by atoms with Gasteiger partial charge in [-0.05, 0) is 42.5 Å². The minimum atomic E-state index is 0.226. The number of anilines is 1. The van der Waals surface area contributed by atoms with Crippen molar-refractivity contribution in [2.45, 2.75) is 40.2 Å². The Balaban J connectivity index is 2.13. The van der Waals surface area contributed by atoms with E-state index in [1.807, 2.05) is 12.1 Å². The van der Waals surface area contributed by atoms with Crippen LogP contribution in [-0.4, -0.2) is 24.1 Å². The van der Waals surface area contributed by atoms with Crippen molar-refractivity contribution in [2.24, 2.45) is 10.4 Å². The predicted molar refractivity (Wildman–Crippen MR) is 89.1 cm³/mol. The van der Waals surface area contributed by atoms with Crippen molar-refractivity contribution < 1.29 is 4.74 Å². The Kier molecular flexibility index (Phi) is 4.63. The van der Waals surface area contributed by atoms with Gasteiger partial charge in [-0.1, -0.05) is 32.5 Å². The first kappa shape index (κ1) is 15.2. The number of benzene rings is 1. The number of nitrogens with one attached hydrogen (secondary N) is 1. The normalized spacial score (nSPS) is 19.4. The lowest BCUT2D eigenvalue weighted by Crippen LogP contribution is -2.30. The molecule has 0 aliphatic carbocycles. The van der Waals surface area contributed by atoms with Gasteiger partial charge in [0.05, 0.1) is 13.2 Å². The average Bonchev–Trinajstić information content (AvgIpc) is 2.38. The van der Waals surface area contributed by atoms with Gasteiger partial charge in [0.25, 0.3) is 0 Å². The van der Waals surface area contributed by atoms with Crippen LogP contribution < -0.4 is 10.1 Å². The summed E-state index contributed by atoms with van der Waals surface area (Å²) in [5.41, 5.74) is 2.43. The molecule has 20 heavy (non-hydrogen) atoms. The molecule has 110 valence electrons. The van der Waals surface area contributed by atoms with Crippen LogP contribution in [0.2, 0.25) is 0 Å². The van der Waals surface area contributed by atoms with Crippen molar-refractivity contribution >= 4 is 22.6 Å². The quantitative estimate of drug-likeness (QED) is 0.881. The number of nitrogens with zero attached hydrogens (tertiary/aromatic N) is 1. The van der Waals surface area contributed by atoms with Crippen molar-refractivity contribution in [3.05, 3.63) is 23.8 Å². The molecule has 1 aliphatic rings. The number of methoxy groups -OCH3 is 1. The molecule has 1 heterocycles. The predicted octanol–water partition coefficient (Wildman–Crippen LogP) is 4.32. The van der Waals surface area contributed by atoms with Gasteiger partial charge in [0.2, 0.25) is 0 Å². The van der Waals surface area contributed by atoms with Gasteiger partial charge < -0.3 is 10.1 Å². The van der Waals surface area contributed by atoms with E-state index in [0.717, 1.165) is 34.3 Å². The van der Waals surface area contributed by atoms with E-state index in [9.17, 15) is 0 Å². The zero-order chi connectivity index (χ0) is 14.8. The van der Waals surface area contributed by atoms with Crippen LogP contribution in [0.3, 0.4) is 0 Å². The number of hydrogen-bond donors (Lipinski definition) is 1. The average molecular weight is 292 g/mol. The molecule has 1 atom stereocenters. The summed E-state index contributed by atoms with van der Waals surface area (Å²) in [6, 6.07) is 6.52. The van der Waals surface area contributed by atoms with Gasteiger partial charge in [-0.2, -0.15) is 0 Å². The largest absolute Gasteiger partial charge is 0.496 e. The fourth-order valence-electron chi connectivity index (χ4n) is 2.29. The maximum Gasteiger partial charge on any atom is 0.161 e. The summed E-state index contributed by atoms with van der Waals surface area (Å²) in [6.45, 7) is 8.82. The summed E-state index contributed by atoms with van der Waals surface area (Å²) < 4.78 is 5.29. The SMILES string of the molecule is COc1ccc(NC2=NC(C(C)(C)C)CCS2)cc1C. The van der Waals surface area contributed by atoms with Crippen molar-refractivity contribution in [3.8, 4) is 5.75 Å². The second-order valence-electron chi connectivity index (χ2n) is 6.26. The third-order valence-electron chi connectivity index (χ3n) is 3.55. The Morgan fingerprint density at radius 1 is 1.35 bits per heavy atom. The minimum absolute atomic E-state index is 0.226. The third-order valence-corrected chi connectivity index (χ3v) is 4.47. The molecule has 0 aromatic heterocycles. The Bertz CT molecular complexity index is 506. The summed E-state index contributed by atoms with van der Waals surface area (Å²) in [4.78, 5) is 4.86. The maximum absolute atomic E-state index is 5.29. The lowest BCUT2D eigenvalue weighted by Gasteiger charge is -2.31. The Labute approximate surface area is 126 Å². The van der Waals surface area contributed by atoms with E-state index in [4.69, 9.17) is 9.73 Å². The zero-order valence-electron chi connectivity index (χ0n) is 13.0. The molecule has 1 aliphatic heterocycles. The van der Waals surface area contributed by atoms with Crippen LogP contribution in [0.15, 0.2) is 23.2 Å². The van der Waals surface area contributed by atoms with Crippen LogP contribution in [-0.2, 0) is 0 Å². The Hall–Kier alpha value is -1.16. The molecule has 0 bridgehead atoms. The highest BCUT2D eigenvalue weighted by Gasteiger charge is 2.27. The first-order chi connectivity index (χ1) is 9.40. The van der Waals surface area contributed by atoms with Crippen molar-refractivity contribution in [1.29, 1.82) is 0 Å². The number of rotatable bonds is 2.